The molecule has 0 bridgehead atoms. The van der Waals surface area contributed by atoms with E-state index in [9.17, 15) is 9.59 Å². The summed E-state index contributed by atoms with van der Waals surface area (Å²) in [5, 5.41) is 5.95. The van der Waals surface area contributed by atoms with Crippen LogP contribution in [0.5, 0.6) is 0 Å². The predicted molar refractivity (Wildman–Crippen MR) is 117 cm³/mol. The lowest BCUT2D eigenvalue weighted by Crippen LogP contribution is -2.51. The average molecular weight is 404 g/mol. The first-order chi connectivity index (χ1) is 13.3. The standard InChI is InChI=1S/C23H37N3O3/c1-16(20(27)24-18-10-8-17(9-11-18)22(2,3)4)26-14-12-19(13-15-26)25-21(28)29-23(5,6)7/h8-11,16,19H,12-15H2,1-7H3,(H,24,27)(H,25,28). The highest BCUT2D eigenvalue weighted by atomic mass is 16.6. The van der Waals surface area contributed by atoms with Crippen molar-refractivity contribution in [3.63, 3.8) is 0 Å². The summed E-state index contributed by atoms with van der Waals surface area (Å²) in [6, 6.07) is 7.91. The van der Waals surface area contributed by atoms with E-state index in [0.717, 1.165) is 31.6 Å². The molecule has 0 saturated carbocycles. The lowest BCUT2D eigenvalue weighted by atomic mass is 9.87. The zero-order valence-corrected chi connectivity index (χ0v) is 19.0. The van der Waals surface area contributed by atoms with Crippen LogP contribution >= 0.6 is 0 Å². The van der Waals surface area contributed by atoms with E-state index in [4.69, 9.17) is 4.74 Å². The maximum absolute atomic E-state index is 12.7. The van der Waals surface area contributed by atoms with Crippen molar-refractivity contribution in [2.45, 2.75) is 84.4 Å². The Morgan fingerprint density at radius 1 is 1.03 bits per heavy atom. The van der Waals surface area contributed by atoms with Gasteiger partial charge in [0.25, 0.3) is 0 Å². The molecule has 162 valence electrons. The molecule has 1 aliphatic rings. The molecule has 2 amide bonds. The van der Waals surface area contributed by atoms with Gasteiger partial charge in [0.05, 0.1) is 6.04 Å². The smallest absolute Gasteiger partial charge is 0.407 e. The lowest BCUT2D eigenvalue weighted by molar-refractivity contribution is -0.121. The zero-order chi connectivity index (χ0) is 21.8. The van der Waals surface area contributed by atoms with Crippen molar-refractivity contribution in [3.05, 3.63) is 29.8 Å². The van der Waals surface area contributed by atoms with Crippen molar-refractivity contribution >= 4 is 17.7 Å². The van der Waals surface area contributed by atoms with Gasteiger partial charge in [-0.25, -0.2) is 4.79 Å². The van der Waals surface area contributed by atoms with Crippen molar-refractivity contribution in [1.29, 1.82) is 0 Å². The SMILES string of the molecule is CC(C(=O)Nc1ccc(C(C)(C)C)cc1)N1CCC(NC(=O)OC(C)(C)C)CC1. The Hall–Kier alpha value is -2.08. The number of nitrogens with one attached hydrogen (secondary N) is 2. The second-order valence-electron chi connectivity index (χ2n) is 9.95. The van der Waals surface area contributed by atoms with Gasteiger partial charge in [-0.15, -0.1) is 0 Å². The number of rotatable bonds is 4. The molecule has 6 nitrogen and oxygen atoms in total. The minimum Gasteiger partial charge on any atom is -0.444 e. The van der Waals surface area contributed by atoms with Gasteiger partial charge in [-0.05, 0) is 63.6 Å². The fourth-order valence-electron chi connectivity index (χ4n) is 3.37. The van der Waals surface area contributed by atoms with E-state index in [1.807, 2.05) is 39.8 Å². The zero-order valence-electron chi connectivity index (χ0n) is 19.0. The summed E-state index contributed by atoms with van der Waals surface area (Å²) >= 11 is 0. The summed E-state index contributed by atoms with van der Waals surface area (Å²) < 4.78 is 5.32. The summed E-state index contributed by atoms with van der Waals surface area (Å²) in [6.45, 7) is 15.5. The van der Waals surface area contributed by atoms with Crippen molar-refractivity contribution in [3.8, 4) is 0 Å². The van der Waals surface area contributed by atoms with Gasteiger partial charge in [0.15, 0.2) is 0 Å². The fourth-order valence-corrected chi connectivity index (χ4v) is 3.37. The Morgan fingerprint density at radius 3 is 2.07 bits per heavy atom. The quantitative estimate of drug-likeness (QED) is 0.786. The number of alkyl carbamates (subject to hydrolysis) is 1. The lowest BCUT2D eigenvalue weighted by Gasteiger charge is -2.35. The number of hydrogen-bond donors (Lipinski definition) is 2. The summed E-state index contributed by atoms with van der Waals surface area (Å²) in [7, 11) is 0. The molecule has 2 rings (SSSR count). The van der Waals surface area contributed by atoms with Gasteiger partial charge in [0.2, 0.25) is 5.91 Å². The van der Waals surface area contributed by atoms with E-state index in [-0.39, 0.29) is 29.5 Å². The Kier molecular flexibility index (Phi) is 7.33. The van der Waals surface area contributed by atoms with Crippen molar-refractivity contribution in [2.75, 3.05) is 18.4 Å². The van der Waals surface area contributed by atoms with Gasteiger partial charge in [-0.1, -0.05) is 32.9 Å². The number of carbonyl (C=O) groups excluding carboxylic acids is 2. The van der Waals surface area contributed by atoms with Crippen LogP contribution in [-0.2, 0) is 14.9 Å². The molecule has 1 aromatic carbocycles. The first-order valence-corrected chi connectivity index (χ1v) is 10.5. The predicted octanol–water partition coefficient (Wildman–Crippen LogP) is 4.30. The molecule has 29 heavy (non-hydrogen) atoms. The van der Waals surface area contributed by atoms with Gasteiger partial charge in [-0.3, -0.25) is 9.69 Å². The van der Waals surface area contributed by atoms with Gasteiger partial charge < -0.3 is 15.4 Å². The van der Waals surface area contributed by atoms with Gasteiger partial charge >= 0.3 is 6.09 Å². The first-order valence-electron chi connectivity index (χ1n) is 10.5. The molecular formula is C23H37N3O3. The van der Waals surface area contributed by atoms with Crippen LogP contribution in [0.2, 0.25) is 0 Å². The Balaban J connectivity index is 1.81. The highest BCUT2D eigenvalue weighted by molar-refractivity contribution is 5.94. The number of amides is 2. The summed E-state index contributed by atoms with van der Waals surface area (Å²) in [5.41, 5.74) is 1.65. The molecular weight excluding hydrogens is 366 g/mol. The van der Waals surface area contributed by atoms with E-state index in [1.54, 1.807) is 0 Å². The highest BCUT2D eigenvalue weighted by Gasteiger charge is 2.28. The van der Waals surface area contributed by atoms with E-state index in [1.165, 1.54) is 5.56 Å². The third-order valence-corrected chi connectivity index (χ3v) is 5.20. The van der Waals surface area contributed by atoms with Crippen LogP contribution in [0.4, 0.5) is 10.5 Å². The number of piperidine rings is 1. The minimum atomic E-state index is -0.498. The molecule has 1 unspecified atom stereocenters. The molecule has 1 heterocycles. The number of benzene rings is 1. The van der Waals surface area contributed by atoms with Gasteiger partial charge in [0, 0.05) is 24.8 Å². The molecule has 1 atom stereocenters. The average Bonchev–Trinajstić information content (AvgIpc) is 2.59. The minimum absolute atomic E-state index is 0.00735. The monoisotopic (exact) mass is 403 g/mol. The molecule has 6 heteroatoms. The summed E-state index contributed by atoms with van der Waals surface area (Å²) in [6.07, 6.45) is 1.23. The van der Waals surface area contributed by atoms with Crippen LogP contribution in [0.15, 0.2) is 24.3 Å². The van der Waals surface area contributed by atoms with Gasteiger partial charge in [0.1, 0.15) is 5.60 Å². The largest absolute Gasteiger partial charge is 0.444 e. The van der Waals surface area contributed by atoms with Crippen molar-refractivity contribution < 1.29 is 14.3 Å². The van der Waals surface area contributed by atoms with E-state index in [2.05, 4.69) is 48.4 Å². The van der Waals surface area contributed by atoms with E-state index in [0.29, 0.717) is 0 Å². The maximum Gasteiger partial charge on any atom is 0.407 e. The first kappa shape index (κ1) is 23.2. The maximum atomic E-state index is 12.7. The fraction of sp³-hybridized carbons (Fsp3) is 0.652. The van der Waals surface area contributed by atoms with Crippen molar-refractivity contribution in [2.24, 2.45) is 0 Å². The van der Waals surface area contributed by atoms with E-state index < -0.39 is 5.60 Å². The summed E-state index contributed by atoms with van der Waals surface area (Å²) in [4.78, 5) is 26.8. The Bertz CT molecular complexity index is 694. The number of ether oxygens (including phenoxy) is 1. The highest BCUT2D eigenvalue weighted by Crippen LogP contribution is 2.24. The number of nitrogens with zero attached hydrogens (tertiary/aromatic N) is 1. The molecule has 1 saturated heterocycles. The van der Waals surface area contributed by atoms with Crippen LogP contribution in [0.3, 0.4) is 0 Å². The molecule has 1 aromatic rings. The normalized spacial score (nSPS) is 17.5. The van der Waals surface area contributed by atoms with Gasteiger partial charge in [-0.2, -0.15) is 0 Å². The van der Waals surface area contributed by atoms with Crippen LogP contribution in [0.25, 0.3) is 0 Å². The molecule has 1 aliphatic heterocycles. The number of hydrogen-bond acceptors (Lipinski definition) is 4. The molecule has 1 fully saturated rings. The second-order valence-corrected chi connectivity index (χ2v) is 9.95. The molecule has 0 aromatic heterocycles. The third kappa shape index (κ3) is 7.35. The Labute approximate surface area is 175 Å². The van der Waals surface area contributed by atoms with Crippen LogP contribution in [0.1, 0.15) is 66.9 Å². The Morgan fingerprint density at radius 2 is 1.59 bits per heavy atom. The molecule has 0 aliphatic carbocycles. The summed E-state index contributed by atoms with van der Waals surface area (Å²) in [5.74, 6) is -0.00735. The van der Waals surface area contributed by atoms with Crippen LogP contribution in [0, 0.1) is 0 Å². The molecule has 2 N–H and O–H groups in total. The number of likely N-dealkylation sites (tertiary alicyclic amines) is 1. The molecule has 0 spiro atoms. The second kappa shape index (κ2) is 9.16. The number of anilines is 1. The van der Waals surface area contributed by atoms with Crippen LogP contribution in [-0.4, -0.2) is 47.7 Å². The molecule has 0 radical (unpaired) electrons. The van der Waals surface area contributed by atoms with Crippen molar-refractivity contribution in [1.82, 2.24) is 10.2 Å². The topological polar surface area (TPSA) is 70.7 Å². The third-order valence-electron chi connectivity index (χ3n) is 5.20. The van der Waals surface area contributed by atoms with Crippen LogP contribution < -0.4 is 10.6 Å². The van der Waals surface area contributed by atoms with E-state index >= 15 is 0 Å². The number of carbonyl (C=O) groups is 2.